The lowest BCUT2D eigenvalue weighted by Gasteiger charge is -2.16. The third kappa shape index (κ3) is 3.99. The van der Waals surface area contributed by atoms with Crippen LogP contribution < -0.4 is 11.1 Å². The van der Waals surface area contributed by atoms with Crippen molar-refractivity contribution in [2.45, 2.75) is 36.3 Å². The number of alkyl halides is 1. The van der Waals surface area contributed by atoms with Gasteiger partial charge in [0.2, 0.25) is 0 Å². The Morgan fingerprint density at radius 1 is 1.43 bits per heavy atom. The molecule has 0 aromatic carbocycles. The Bertz CT molecular complexity index is 968. The first-order chi connectivity index (χ1) is 13.7. The van der Waals surface area contributed by atoms with Gasteiger partial charge in [-0.05, 0) is 37.0 Å². The highest BCUT2D eigenvalue weighted by molar-refractivity contribution is 14.1. The first-order valence-corrected chi connectivity index (χ1v) is 11.7. The Morgan fingerprint density at radius 3 is 3.07 bits per heavy atom. The van der Waals surface area contributed by atoms with Gasteiger partial charge in [0.1, 0.15) is 0 Å². The Labute approximate surface area is 181 Å². The summed E-state index contributed by atoms with van der Waals surface area (Å²) in [6, 6.07) is 5.81. The van der Waals surface area contributed by atoms with Crippen molar-refractivity contribution in [3.63, 3.8) is 0 Å². The van der Waals surface area contributed by atoms with Crippen LogP contribution in [0.5, 0.6) is 0 Å². The molecule has 0 saturated carbocycles. The fraction of sp³-hybridized carbons (Fsp3) is 0.350. The standard InChI is InChI=1S/C20H22IN5OS/c21-9-14-12-24-26-6-2-4-17-16(19(14)26)8-18(28-17)20(27)25-15(10-22)7-13-3-1-5-23-11-13/h1,3,5,8,11-12,15H,2,4,6-7,9-10,22H2,(H,25,27). The van der Waals surface area contributed by atoms with E-state index in [1.165, 1.54) is 16.1 Å². The second-order valence-corrected chi connectivity index (χ2v) is 8.80. The van der Waals surface area contributed by atoms with Gasteiger partial charge in [-0.15, -0.1) is 11.3 Å². The molecule has 0 aliphatic carbocycles. The number of pyridine rings is 1. The summed E-state index contributed by atoms with van der Waals surface area (Å²) in [7, 11) is 0. The van der Waals surface area contributed by atoms with E-state index in [-0.39, 0.29) is 11.9 Å². The molecule has 146 valence electrons. The van der Waals surface area contributed by atoms with Gasteiger partial charge in [0.25, 0.3) is 5.91 Å². The van der Waals surface area contributed by atoms with Gasteiger partial charge in [-0.25, -0.2) is 0 Å². The monoisotopic (exact) mass is 507 g/mol. The minimum Gasteiger partial charge on any atom is -0.347 e. The van der Waals surface area contributed by atoms with Crippen molar-refractivity contribution in [3.05, 3.63) is 57.7 Å². The smallest absolute Gasteiger partial charge is 0.261 e. The number of fused-ring (bicyclic) bond motifs is 3. The van der Waals surface area contributed by atoms with E-state index in [1.54, 1.807) is 17.5 Å². The molecule has 8 heteroatoms. The molecule has 1 atom stereocenters. The lowest BCUT2D eigenvalue weighted by Crippen LogP contribution is -2.41. The van der Waals surface area contributed by atoms with Crippen molar-refractivity contribution in [1.82, 2.24) is 20.1 Å². The predicted octanol–water partition coefficient (Wildman–Crippen LogP) is 3.19. The highest BCUT2D eigenvalue weighted by Gasteiger charge is 2.24. The highest BCUT2D eigenvalue weighted by atomic mass is 127. The van der Waals surface area contributed by atoms with Crippen LogP contribution in [0.2, 0.25) is 0 Å². The lowest BCUT2D eigenvalue weighted by molar-refractivity contribution is 0.0942. The normalized spacial score (nSPS) is 14.1. The van der Waals surface area contributed by atoms with Crippen molar-refractivity contribution in [2.24, 2.45) is 5.73 Å². The van der Waals surface area contributed by atoms with Gasteiger partial charge in [-0.3, -0.25) is 14.5 Å². The third-order valence-corrected chi connectivity index (χ3v) is 6.96. The summed E-state index contributed by atoms with van der Waals surface area (Å²) in [5.74, 6) is -0.0560. The Kier molecular flexibility index (Phi) is 6.07. The third-order valence-electron chi connectivity index (χ3n) is 4.95. The maximum atomic E-state index is 12.9. The summed E-state index contributed by atoms with van der Waals surface area (Å²) in [6.07, 6.45) is 8.20. The second kappa shape index (κ2) is 8.71. The quantitative estimate of drug-likeness (QED) is 0.397. The van der Waals surface area contributed by atoms with E-state index in [9.17, 15) is 4.79 Å². The van der Waals surface area contributed by atoms with Gasteiger partial charge >= 0.3 is 0 Å². The van der Waals surface area contributed by atoms with Crippen LogP contribution in [0, 0.1) is 0 Å². The van der Waals surface area contributed by atoms with Crippen molar-refractivity contribution in [1.29, 1.82) is 0 Å². The number of nitrogens with two attached hydrogens (primary N) is 1. The molecule has 0 spiro atoms. The zero-order valence-electron chi connectivity index (χ0n) is 15.4. The van der Waals surface area contributed by atoms with Gasteiger partial charge < -0.3 is 11.1 Å². The minimum atomic E-state index is -0.117. The van der Waals surface area contributed by atoms with Gasteiger partial charge in [0.15, 0.2) is 0 Å². The Balaban J connectivity index is 1.56. The van der Waals surface area contributed by atoms with Crippen molar-refractivity contribution in [3.8, 4) is 11.3 Å². The van der Waals surface area contributed by atoms with Crippen molar-refractivity contribution in [2.75, 3.05) is 6.54 Å². The van der Waals surface area contributed by atoms with Gasteiger partial charge in [-0.1, -0.05) is 28.7 Å². The van der Waals surface area contributed by atoms with Gasteiger partial charge in [-0.2, -0.15) is 5.10 Å². The molecule has 4 rings (SSSR count). The topological polar surface area (TPSA) is 85.8 Å². The van der Waals surface area contributed by atoms with Crippen LogP contribution in [-0.4, -0.2) is 33.3 Å². The molecule has 0 saturated heterocycles. The van der Waals surface area contributed by atoms with Gasteiger partial charge in [0, 0.05) is 52.0 Å². The molecule has 3 aromatic heterocycles. The van der Waals surface area contributed by atoms with Crippen molar-refractivity contribution >= 4 is 39.8 Å². The first kappa shape index (κ1) is 19.5. The molecule has 6 nitrogen and oxygen atoms in total. The summed E-state index contributed by atoms with van der Waals surface area (Å²) in [5.41, 5.74) is 10.5. The Hall–Kier alpha value is -1.78. The van der Waals surface area contributed by atoms with Crippen LogP contribution in [0.15, 0.2) is 36.8 Å². The molecule has 3 aromatic rings. The molecule has 0 radical (unpaired) electrons. The number of hydrogen-bond donors (Lipinski definition) is 2. The summed E-state index contributed by atoms with van der Waals surface area (Å²) < 4.78 is 2.99. The number of hydrogen-bond acceptors (Lipinski definition) is 5. The van der Waals surface area contributed by atoms with Crippen LogP contribution in [0.25, 0.3) is 11.3 Å². The van der Waals surface area contributed by atoms with E-state index < -0.39 is 0 Å². The number of carbonyl (C=O) groups excluding carboxylic acids is 1. The Morgan fingerprint density at radius 2 is 2.32 bits per heavy atom. The van der Waals surface area contributed by atoms with E-state index in [4.69, 9.17) is 5.73 Å². The van der Waals surface area contributed by atoms with E-state index in [2.05, 4.69) is 42.7 Å². The maximum Gasteiger partial charge on any atom is 0.261 e. The molecule has 1 aliphatic rings. The minimum absolute atomic E-state index is 0.0560. The van der Waals surface area contributed by atoms with Crippen LogP contribution in [0.1, 0.15) is 32.1 Å². The number of rotatable bonds is 6. The van der Waals surface area contributed by atoms with Crippen molar-refractivity contribution < 1.29 is 4.79 Å². The summed E-state index contributed by atoms with van der Waals surface area (Å²) in [6.45, 7) is 1.31. The first-order valence-electron chi connectivity index (χ1n) is 9.33. The number of nitrogens with one attached hydrogen (secondary N) is 1. The summed E-state index contributed by atoms with van der Waals surface area (Å²) in [5, 5.41) is 7.64. The van der Waals surface area contributed by atoms with E-state index in [0.717, 1.165) is 39.8 Å². The number of thiophene rings is 1. The molecule has 0 fully saturated rings. The SMILES string of the molecule is NCC(Cc1cccnc1)NC(=O)c1cc2c(s1)CCCn1ncc(CI)c1-2. The average Bonchev–Trinajstić information content (AvgIpc) is 3.28. The predicted molar refractivity (Wildman–Crippen MR) is 120 cm³/mol. The lowest BCUT2D eigenvalue weighted by atomic mass is 10.1. The molecule has 4 heterocycles. The largest absolute Gasteiger partial charge is 0.347 e. The second-order valence-electron chi connectivity index (χ2n) is 6.90. The molecule has 0 bridgehead atoms. The molecular weight excluding hydrogens is 485 g/mol. The molecular formula is C20H22IN5OS. The number of aromatic nitrogens is 3. The fourth-order valence-electron chi connectivity index (χ4n) is 3.57. The maximum absolute atomic E-state index is 12.9. The molecule has 1 amide bonds. The zero-order valence-corrected chi connectivity index (χ0v) is 18.4. The molecule has 28 heavy (non-hydrogen) atoms. The number of nitrogens with zero attached hydrogens (tertiary/aromatic N) is 3. The number of carbonyl (C=O) groups is 1. The summed E-state index contributed by atoms with van der Waals surface area (Å²) >= 11 is 3.96. The van der Waals surface area contributed by atoms with E-state index >= 15 is 0 Å². The molecule has 3 N–H and O–H groups in total. The highest BCUT2D eigenvalue weighted by Crippen LogP contribution is 2.37. The van der Waals surface area contributed by atoms with Crippen LogP contribution in [-0.2, 0) is 23.8 Å². The van der Waals surface area contributed by atoms with Crippen LogP contribution in [0.4, 0.5) is 0 Å². The van der Waals surface area contributed by atoms with E-state index in [0.29, 0.717) is 13.0 Å². The van der Waals surface area contributed by atoms with Crippen LogP contribution in [0.3, 0.4) is 0 Å². The molecule has 1 unspecified atom stereocenters. The number of aryl methyl sites for hydroxylation is 2. The average molecular weight is 507 g/mol. The number of amides is 1. The zero-order chi connectivity index (χ0) is 19.5. The van der Waals surface area contributed by atoms with E-state index in [1.807, 2.05) is 30.6 Å². The number of halogens is 1. The summed E-state index contributed by atoms with van der Waals surface area (Å²) in [4.78, 5) is 19.1. The molecule has 1 aliphatic heterocycles. The fourth-order valence-corrected chi connectivity index (χ4v) is 5.24. The van der Waals surface area contributed by atoms with Gasteiger partial charge in [0.05, 0.1) is 16.8 Å². The van der Waals surface area contributed by atoms with Crippen LogP contribution >= 0.6 is 33.9 Å².